The molecule has 0 amide bonds. The molecular weight excluding hydrogens is 374 g/mol. The smallest absolute Gasteiger partial charge is 0.223 e. The summed E-state index contributed by atoms with van der Waals surface area (Å²) in [5, 5.41) is 5.79. The van der Waals surface area contributed by atoms with Gasteiger partial charge in [-0.3, -0.25) is 0 Å². The highest BCUT2D eigenvalue weighted by Gasteiger charge is 2.27. The Labute approximate surface area is 160 Å². The second-order valence-corrected chi connectivity index (χ2v) is 8.28. The number of aromatic nitrogens is 2. The fraction of sp³-hybridized carbons (Fsp3) is 0.529. The molecular formula is C17H22ClN5O2S. The van der Waals surface area contributed by atoms with Gasteiger partial charge >= 0.3 is 0 Å². The zero-order valence-corrected chi connectivity index (χ0v) is 16.8. The molecule has 0 aliphatic heterocycles. The van der Waals surface area contributed by atoms with Crippen molar-refractivity contribution in [2.75, 3.05) is 12.0 Å². The Hall–Kier alpha value is -1.73. The molecule has 0 aliphatic rings. The van der Waals surface area contributed by atoms with Crippen LogP contribution in [0.2, 0.25) is 5.15 Å². The predicted molar refractivity (Wildman–Crippen MR) is 105 cm³/mol. The van der Waals surface area contributed by atoms with Gasteiger partial charge in [0.05, 0.1) is 17.2 Å². The second kappa shape index (κ2) is 8.77. The van der Waals surface area contributed by atoms with Crippen molar-refractivity contribution in [3.8, 4) is 5.88 Å². The molecule has 0 aromatic carbocycles. The average Bonchev–Trinajstić information content (AvgIpc) is 2.60. The molecule has 2 aromatic rings. The highest BCUT2D eigenvalue weighted by atomic mass is 35.5. The average molecular weight is 396 g/mol. The number of rotatable bonds is 8. The summed E-state index contributed by atoms with van der Waals surface area (Å²) in [5.74, 6) is 0.994. The minimum absolute atomic E-state index is 0.147. The van der Waals surface area contributed by atoms with E-state index in [4.69, 9.17) is 21.9 Å². The summed E-state index contributed by atoms with van der Waals surface area (Å²) in [6, 6.07) is 1.73. The van der Waals surface area contributed by atoms with Crippen molar-refractivity contribution in [2.24, 2.45) is 5.11 Å². The number of pyridine rings is 2. The standard InChI is InChI=1S/C17H22ClN5O2S/c1-5-17(3,22-23-19)14-10-21-16(25-11(2)6-7-26(4)24)13-9-20-15(18)8-12(13)14/h8-11H,5-7H2,1-4H3/t11-,17-,26+/m1/s1. The number of ether oxygens (including phenoxy) is 1. The van der Waals surface area contributed by atoms with Crippen molar-refractivity contribution in [2.45, 2.75) is 45.3 Å². The topological polar surface area (TPSA) is 107 Å². The van der Waals surface area contributed by atoms with Crippen LogP contribution in [0.1, 0.15) is 39.2 Å². The van der Waals surface area contributed by atoms with Gasteiger partial charge < -0.3 is 9.29 Å². The van der Waals surface area contributed by atoms with E-state index < -0.39 is 16.7 Å². The van der Waals surface area contributed by atoms with Gasteiger partial charge in [-0.2, -0.15) is 0 Å². The number of hydrogen-bond acceptors (Lipinski definition) is 5. The molecule has 0 spiro atoms. The summed E-state index contributed by atoms with van der Waals surface area (Å²) in [5.41, 5.74) is 8.96. The molecule has 0 radical (unpaired) electrons. The van der Waals surface area contributed by atoms with Gasteiger partial charge in [0.25, 0.3) is 0 Å². The first-order chi connectivity index (χ1) is 12.3. The van der Waals surface area contributed by atoms with Gasteiger partial charge in [-0.25, -0.2) is 9.97 Å². The van der Waals surface area contributed by atoms with Crippen molar-refractivity contribution in [1.82, 2.24) is 9.97 Å². The van der Waals surface area contributed by atoms with Crippen molar-refractivity contribution in [3.05, 3.63) is 39.6 Å². The molecule has 2 rings (SSSR count). The van der Waals surface area contributed by atoms with Gasteiger partial charge in [-0.1, -0.05) is 34.8 Å². The van der Waals surface area contributed by atoms with Crippen LogP contribution in [0.3, 0.4) is 0 Å². The zero-order chi connectivity index (χ0) is 19.3. The molecule has 3 atom stereocenters. The highest BCUT2D eigenvalue weighted by Crippen LogP contribution is 2.37. The first-order valence-corrected chi connectivity index (χ1v) is 10.4. The van der Waals surface area contributed by atoms with Gasteiger partial charge in [0.2, 0.25) is 5.88 Å². The zero-order valence-electron chi connectivity index (χ0n) is 15.3. The van der Waals surface area contributed by atoms with Crippen LogP contribution in [0.5, 0.6) is 5.88 Å². The van der Waals surface area contributed by atoms with Gasteiger partial charge in [0.15, 0.2) is 0 Å². The molecule has 0 fully saturated rings. The summed E-state index contributed by atoms with van der Waals surface area (Å²) in [7, 11) is 0. The molecule has 0 saturated heterocycles. The normalized spacial score (nSPS) is 15.8. The van der Waals surface area contributed by atoms with Crippen LogP contribution in [-0.2, 0) is 16.7 Å². The van der Waals surface area contributed by atoms with Gasteiger partial charge in [0, 0.05) is 23.7 Å². The quantitative estimate of drug-likeness (QED) is 0.211. The number of halogens is 1. The van der Waals surface area contributed by atoms with Gasteiger partial charge in [-0.05, 0) is 42.8 Å². The lowest BCUT2D eigenvalue weighted by Gasteiger charge is -2.25. The van der Waals surface area contributed by atoms with E-state index in [0.717, 1.165) is 10.9 Å². The van der Waals surface area contributed by atoms with E-state index in [2.05, 4.69) is 20.0 Å². The van der Waals surface area contributed by atoms with Crippen LogP contribution in [0.4, 0.5) is 0 Å². The second-order valence-electron chi connectivity index (χ2n) is 6.34. The first kappa shape index (κ1) is 20.6. The Kier molecular flexibility index (Phi) is 6.94. The minimum atomic E-state index is -0.870. The third-order valence-electron chi connectivity index (χ3n) is 4.36. The molecule has 0 N–H and O–H groups in total. The number of azide groups is 1. The minimum Gasteiger partial charge on any atom is -0.617 e. The summed E-state index contributed by atoms with van der Waals surface area (Å²) in [6.07, 6.45) is 6.05. The first-order valence-electron chi connectivity index (χ1n) is 8.28. The Morgan fingerprint density at radius 3 is 2.77 bits per heavy atom. The van der Waals surface area contributed by atoms with Crippen LogP contribution in [-0.4, -0.2) is 32.6 Å². The molecule has 7 nitrogen and oxygen atoms in total. The highest BCUT2D eigenvalue weighted by molar-refractivity contribution is 7.90. The van der Waals surface area contributed by atoms with Crippen LogP contribution in [0.25, 0.3) is 21.2 Å². The molecule has 2 aromatic heterocycles. The summed E-state index contributed by atoms with van der Waals surface area (Å²) >= 11 is 5.22. The maximum Gasteiger partial charge on any atom is 0.223 e. The maximum atomic E-state index is 11.3. The molecule has 2 heterocycles. The van der Waals surface area contributed by atoms with E-state index in [-0.39, 0.29) is 6.10 Å². The van der Waals surface area contributed by atoms with Crippen molar-refractivity contribution < 1.29 is 9.29 Å². The van der Waals surface area contributed by atoms with E-state index >= 15 is 0 Å². The molecule has 0 bridgehead atoms. The summed E-state index contributed by atoms with van der Waals surface area (Å²) in [6.45, 7) is 5.71. The molecule has 26 heavy (non-hydrogen) atoms. The molecule has 0 aliphatic carbocycles. The lowest BCUT2D eigenvalue weighted by molar-refractivity contribution is 0.212. The third kappa shape index (κ3) is 4.71. The molecule has 9 heteroatoms. The number of fused-ring (bicyclic) bond motifs is 1. The predicted octanol–water partition coefficient (Wildman–Crippen LogP) is 4.75. The maximum absolute atomic E-state index is 11.3. The lowest BCUT2D eigenvalue weighted by Crippen LogP contribution is -2.20. The van der Waals surface area contributed by atoms with Crippen molar-refractivity contribution in [3.63, 3.8) is 0 Å². The Balaban J connectivity index is 2.50. The Morgan fingerprint density at radius 2 is 2.15 bits per heavy atom. The molecule has 0 saturated carbocycles. The van der Waals surface area contributed by atoms with Crippen LogP contribution >= 0.6 is 11.6 Å². The van der Waals surface area contributed by atoms with E-state index in [1.54, 1.807) is 24.7 Å². The SMILES string of the molecule is CC[C@@](C)(N=[N+]=[N-])c1cnc(O[C@H](C)CC[S@+](C)[O-])c2cnc(Cl)cc12. The lowest BCUT2D eigenvalue weighted by atomic mass is 9.88. The number of hydrogen-bond donors (Lipinski definition) is 0. The van der Waals surface area contributed by atoms with Crippen molar-refractivity contribution in [1.29, 1.82) is 0 Å². The Bertz CT molecular complexity index is 828. The fourth-order valence-corrected chi connectivity index (χ4v) is 3.43. The van der Waals surface area contributed by atoms with Crippen LogP contribution in [0.15, 0.2) is 23.6 Å². The van der Waals surface area contributed by atoms with E-state index in [1.165, 1.54) is 0 Å². The largest absolute Gasteiger partial charge is 0.617 e. The van der Waals surface area contributed by atoms with Gasteiger partial charge in [-0.15, -0.1) is 0 Å². The van der Waals surface area contributed by atoms with E-state index in [1.807, 2.05) is 20.8 Å². The third-order valence-corrected chi connectivity index (χ3v) is 5.38. The Morgan fingerprint density at radius 1 is 1.42 bits per heavy atom. The van der Waals surface area contributed by atoms with Crippen LogP contribution in [0, 0.1) is 0 Å². The van der Waals surface area contributed by atoms with Crippen LogP contribution < -0.4 is 4.74 Å². The summed E-state index contributed by atoms with van der Waals surface area (Å²) in [4.78, 5) is 11.6. The van der Waals surface area contributed by atoms with Gasteiger partial charge in [0.1, 0.15) is 17.0 Å². The fourth-order valence-electron chi connectivity index (χ4n) is 2.60. The van der Waals surface area contributed by atoms with Crippen molar-refractivity contribution >= 4 is 33.5 Å². The molecule has 140 valence electrons. The summed E-state index contributed by atoms with van der Waals surface area (Å²) < 4.78 is 17.2. The number of nitrogens with zero attached hydrogens (tertiary/aromatic N) is 5. The monoisotopic (exact) mass is 395 g/mol. The molecule has 0 unspecified atom stereocenters. The van der Waals surface area contributed by atoms with E-state index in [9.17, 15) is 4.55 Å². The van der Waals surface area contributed by atoms with E-state index in [0.29, 0.717) is 35.0 Å².